The van der Waals surface area contributed by atoms with E-state index in [1.165, 1.54) is 13.2 Å². The van der Waals surface area contributed by atoms with Crippen LogP contribution in [0.5, 0.6) is 0 Å². The van der Waals surface area contributed by atoms with Gasteiger partial charge in [0, 0.05) is 12.8 Å². The fourth-order valence-electron chi connectivity index (χ4n) is 1.97. The summed E-state index contributed by atoms with van der Waals surface area (Å²) in [6, 6.07) is 8.69. The van der Waals surface area contributed by atoms with Crippen molar-refractivity contribution in [2.45, 2.75) is 38.3 Å². The van der Waals surface area contributed by atoms with Crippen LogP contribution in [0.25, 0.3) is 0 Å². The van der Waals surface area contributed by atoms with Crippen molar-refractivity contribution in [1.29, 1.82) is 0 Å². The van der Waals surface area contributed by atoms with E-state index in [9.17, 15) is 20.1 Å². The van der Waals surface area contributed by atoms with E-state index in [0.29, 0.717) is 5.69 Å². The average molecular weight is 323 g/mol. The third-order valence-electron chi connectivity index (χ3n) is 3.26. The molecule has 6 heteroatoms. The smallest absolute Gasteiger partial charge is 0.256 e. The lowest BCUT2D eigenvalue weighted by molar-refractivity contribution is -0.143. The highest BCUT2D eigenvalue weighted by Gasteiger charge is 2.35. The molecule has 1 rings (SSSR count). The van der Waals surface area contributed by atoms with Crippen LogP contribution in [0.1, 0.15) is 13.8 Å². The van der Waals surface area contributed by atoms with Gasteiger partial charge in [-0.3, -0.25) is 4.79 Å². The number of allylic oxidation sites excluding steroid dienone is 1. The van der Waals surface area contributed by atoms with Crippen molar-refractivity contribution in [3.05, 3.63) is 42.5 Å². The third kappa shape index (κ3) is 6.11. The number of benzene rings is 1. The predicted octanol–water partition coefficient (Wildman–Crippen LogP) is 0.935. The standard InChI is InChI=1S/C17H25NO5/c1-11(2)9-10-13(19)14(20)15(21)16(23-3)17(22)18-12-7-5-4-6-8-12/h4-11,13-16,19-21H,1-3H3,(H,18,22)/b10-9+/t13-,14+,15-,16-/m0/s1. The molecule has 0 heterocycles. The summed E-state index contributed by atoms with van der Waals surface area (Å²) in [6.07, 6.45) is -2.64. The van der Waals surface area contributed by atoms with Gasteiger partial charge in [0.2, 0.25) is 0 Å². The molecule has 1 amide bonds. The SMILES string of the molecule is CO[C@H](C(=O)Nc1ccccc1)[C@@H](O)[C@H](O)[C@@H](O)/C=C/C(C)C. The quantitative estimate of drug-likeness (QED) is 0.534. The van der Waals surface area contributed by atoms with Gasteiger partial charge in [0.15, 0.2) is 6.10 Å². The van der Waals surface area contributed by atoms with Crippen LogP contribution in [-0.4, -0.2) is 52.8 Å². The minimum absolute atomic E-state index is 0.189. The van der Waals surface area contributed by atoms with Crippen molar-refractivity contribution in [1.82, 2.24) is 0 Å². The van der Waals surface area contributed by atoms with Crippen LogP contribution >= 0.6 is 0 Å². The number of carbonyl (C=O) groups excluding carboxylic acids is 1. The Morgan fingerprint density at radius 3 is 2.22 bits per heavy atom. The fraction of sp³-hybridized carbons (Fsp3) is 0.471. The molecule has 0 spiro atoms. The summed E-state index contributed by atoms with van der Waals surface area (Å²) < 4.78 is 4.99. The van der Waals surface area contributed by atoms with E-state index in [1.807, 2.05) is 13.8 Å². The van der Waals surface area contributed by atoms with Gasteiger partial charge in [-0.15, -0.1) is 0 Å². The number of methoxy groups -OCH3 is 1. The van der Waals surface area contributed by atoms with E-state index in [4.69, 9.17) is 4.74 Å². The number of anilines is 1. The van der Waals surface area contributed by atoms with Crippen molar-refractivity contribution in [3.8, 4) is 0 Å². The predicted molar refractivity (Wildman–Crippen MR) is 87.9 cm³/mol. The third-order valence-corrected chi connectivity index (χ3v) is 3.26. The number of aliphatic hydroxyl groups is 3. The molecule has 23 heavy (non-hydrogen) atoms. The number of aliphatic hydroxyl groups excluding tert-OH is 3. The van der Waals surface area contributed by atoms with Gasteiger partial charge in [-0.05, 0) is 18.1 Å². The van der Waals surface area contributed by atoms with Crippen LogP contribution in [-0.2, 0) is 9.53 Å². The maximum atomic E-state index is 12.2. The average Bonchev–Trinajstić information content (AvgIpc) is 2.53. The number of hydrogen-bond acceptors (Lipinski definition) is 5. The molecule has 0 aliphatic heterocycles. The van der Waals surface area contributed by atoms with E-state index < -0.39 is 30.3 Å². The monoisotopic (exact) mass is 323 g/mol. The van der Waals surface area contributed by atoms with Gasteiger partial charge in [-0.2, -0.15) is 0 Å². The fourth-order valence-corrected chi connectivity index (χ4v) is 1.97. The molecule has 0 saturated heterocycles. The first-order valence-electron chi connectivity index (χ1n) is 7.48. The van der Waals surface area contributed by atoms with Crippen molar-refractivity contribution in [2.75, 3.05) is 12.4 Å². The normalized spacial score (nSPS) is 17.0. The molecule has 1 aromatic carbocycles. The second kappa shape index (κ2) is 9.42. The minimum Gasteiger partial charge on any atom is -0.387 e. The van der Waals surface area contributed by atoms with Gasteiger partial charge >= 0.3 is 0 Å². The topological polar surface area (TPSA) is 99.0 Å². The highest BCUT2D eigenvalue weighted by Crippen LogP contribution is 2.13. The van der Waals surface area contributed by atoms with Crippen molar-refractivity contribution in [2.24, 2.45) is 5.92 Å². The summed E-state index contributed by atoms with van der Waals surface area (Å²) in [4.78, 5) is 12.2. The highest BCUT2D eigenvalue weighted by atomic mass is 16.5. The number of carbonyl (C=O) groups is 1. The van der Waals surface area contributed by atoms with Crippen molar-refractivity contribution >= 4 is 11.6 Å². The number of nitrogens with one attached hydrogen (secondary N) is 1. The van der Waals surface area contributed by atoms with Gasteiger partial charge in [0.25, 0.3) is 5.91 Å². The maximum absolute atomic E-state index is 12.2. The van der Waals surface area contributed by atoms with Crippen LogP contribution in [0, 0.1) is 5.92 Å². The molecule has 128 valence electrons. The van der Waals surface area contributed by atoms with Crippen molar-refractivity contribution in [3.63, 3.8) is 0 Å². The number of hydrogen-bond donors (Lipinski definition) is 4. The molecule has 0 fully saturated rings. The van der Waals surface area contributed by atoms with E-state index in [2.05, 4.69) is 5.32 Å². The van der Waals surface area contributed by atoms with Gasteiger partial charge in [0.1, 0.15) is 18.3 Å². The molecule has 0 radical (unpaired) electrons. The Labute approximate surface area is 136 Å². The Morgan fingerprint density at radius 2 is 1.70 bits per heavy atom. The first-order chi connectivity index (χ1) is 10.9. The maximum Gasteiger partial charge on any atom is 0.256 e. The summed E-state index contributed by atoms with van der Waals surface area (Å²) in [5.41, 5.74) is 0.543. The summed E-state index contributed by atoms with van der Waals surface area (Å²) in [6.45, 7) is 3.83. The van der Waals surface area contributed by atoms with Gasteiger partial charge < -0.3 is 25.4 Å². The Morgan fingerprint density at radius 1 is 1.09 bits per heavy atom. The highest BCUT2D eigenvalue weighted by molar-refractivity contribution is 5.94. The number of amides is 1. The van der Waals surface area contributed by atoms with Gasteiger partial charge in [0.05, 0.1) is 0 Å². The zero-order valence-corrected chi connectivity index (χ0v) is 13.6. The molecule has 0 unspecified atom stereocenters. The Kier molecular flexibility index (Phi) is 7.91. The molecule has 0 aromatic heterocycles. The van der Waals surface area contributed by atoms with Crippen LogP contribution < -0.4 is 5.32 Å². The Bertz CT molecular complexity index is 503. The lowest BCUT2D eigenvalue weighted by atomic mass is 10.0. The molecule has 4 N–H and O–H groups in total. The van der Waals surface area contributed by atoms with E-state index in [0.717, 1.165) is 0 Å². The minimum atomic E-state index is -1.57. The molecule has 0 bridgehead atoms. The molecule has 1 aromatic rings. The molecule has 4 atom stereocenters. The molecule has 6 nitrogen and oxygen atoms in total. The Hall–Kier alpha value is -1.73. The molecule has 0 aliphatic rings. The lowest BCUT2D eigenvalue weighted by Crippen LogP contribution is -2.49. The van der Waals surface area contributed by atoms with E-state index >= 15 is 0 Å². The second-order valence-corrected chi connectivity index (χ2v) is 5.61. The van der Waals surface area contributed by atoms with Crippen molar-refractivity contribution < 1.29 is 24.9 Å². The van der Waals surface area contributed by atoms with Gasteiger partial charge in [-0.25, -0.2) is 0 Å². The first-order valence-corrected chi connectivity index (χ1v) is 7.48. The summed E-state index contributed by atoms with van der Waals surface area (Å²) >= 11 is 0. The largest absolute Gasteiger partial charge is 0.387 e. The first kappa shape index (κ1) is 19.3. The van der Waals surface area contributed by atoms with Crippen LogP contribution in [0.2, 0.25) is 0 Å². The molecule has 0 saturated carbocycles. The molecular formula is C17H25NO5. The molecular weight excluding hydrogens is 298 g/mol. The molecule has 0 aliphatic carbocycles. The number of rotatable bonds is 8. The van der Waals surface area contributed by atoms with Crippen LogP contribution in [0.4, 0.5) is 5.69 Å². The van der Waals surface area contributed by atoms with Crippen LogP contribution in [0.3, 0.4) is 0 Å². The second-order valence-electron chi connectivity index (χ2n) is 5.61. The summed E-state index contributed by atoms with van der Waals surface area (Å²) in [7, 11) is 1.25. The zero-order valence-electron chi connectivity index (χ0n) is 13.6. The number of ether oxygens (including phenoxy) is 1. The zero-order chi connectivity index (χ0) is 17.4. The van der Waals surface area contributed by atoms with E-state index in [-0.39, 0.29) is 5.92 Å². The Balaban J connectivity index is 2.73. The lowest BCUT2D eigenvalue weighted by Gasteiger charge is -2.27. The van der Waals surface area contributed by atoms with Crippen LogP contribution in [0.15, 0.2) is 42.5 Å². The summed E-state index contributed by atoms with van der Waals surface area (Å²) in [5.74, 6) is -0.418. The number of para-hydroxylation sites is 1. The summed E-state index contributed by atoms with van der Waals surface area (Å²) in [5, 5.41) is 32.6. The van der Waals surface area contributed by atoms with Gasteiger partial charge in [-0.1, -0.05) is 44.2 Å². The van der Waals surface area contributed by atoms with E-state index in [1.54, 1.807) is 36.4 Å².